The number of hydrogen-bond acceptors (Lipinski definition) is 2. The van der Waals surface area contributed by atoms with Crippen LogP contribution in [0, 0.1) is 11.8 Å². The molecular formula is C10H20N2O. The van der Waals surface area contributed by atoms with Gasteiger partial charge in [-0.25, -0.2) is 0 Å². The molecule has 0 radical (unpaired) electrons. The zero-order valence-corrected chi connectivity index (χ0v) is 8.84. The summed E-state index contributed by atoms with van der Waals surface area (Å²) < 4.78 is 0. The Hall–Kier alpha value is -0.570. The maximum absolute atomic E-state index is 11.7. The topological polar surface area (TPSA) is 32.3 Å². The van der Waals surface area contributed by atoms with Crippen LogP contribution in [0.4, 0.5) is 0 Å². The smallest absolute Gasteiger partial charge is 0.225 e. The molecule has 1 unspecified atom stereocenters. The molecule has 1 aliphatic rings. The van der Waals surface area contributed by atoms with Crippen molar-refractivity contribution in [1.82, 2.24) is 10.2 Å². The molecule has 1 N–H and O–H groups in total. The minimum Gasteiger partial charge on any atom is -0.344 e. The van der Waals surface area contributed by atoms with Crippen molar-refractivity contribution in [2.75, 3.05) is 27.2 Å². The summed E-state index contributed by atoms with van der Waals surface area (Å²) in [4.78, 5) is 13.6. The van der Waals surface area contributed by atoms with Gasteiger partial charge >= 0.3 is 0 Å². The summed E-state index contributed by atoms with van der Waals surface area (Å²) in [6.07, 6.45) is 2.49. The normalized spacial score (nSPS) is 18.4. The average Bonchev–Trinajstić information content (AvgIpc) is 2.94. The molecule has 1 fully saturated rings. The monoisotopic (exact) mass is 184 g/mol. The quantitative estimate of drug-likeness (QED) is 0.682. The van der Waals surface area contributed by atoms with E-state index >= 15 is 0 Å². The second-order valence-corrected chi connectivity index (χ2v) is 3.99. The molecule has 0 aromatic carbocycles. The minimum absolute atomic E-state index is 0.238. The first-order valence-electron chi connectivity index (χ1n) is 5.06. The van der Waals surface area contributed by atoms with Crippen LogP contribution in [-0.2, 0) is 4.79 Å². The van der Waals surface area contributed by atoms with Crippen LogP contribution in [0.1, 0.15) is 19.8 Å². The van der Waals surface area contributed by atoms with Crippen LogP contribution in [0.2, 0.25) is 0 Å². The minimum atomic E-state index is 0.238. The molecule has 0 aromatic heterocycles. The molecule has 1 aliphatic carbocycles. The Morgan fingerprint density at radius 1 is 1.62 bits per heavy atom. The number of carbonyl (C=O) groups is 1. The summed E-state index contributed by atoms with van der Waals surface area (Å²) in [5.74, 6) is 1.21. The third-order valence-electron chi connectivity index (χ3n) is 2.79. The molecule has 1 rings (SSSR count). The van der Waals surface area contributed by atoms with Gasteiger partial charge in [-0.3, -0.25) is 4.79 Å². The molecule has 0 aromatic rings. The fourth-order valence-corrected chi connectivity index (χ4v) is 1.54. The third-order valence-corrected chi connectivity index (χ3v) is 2.79. The van der Waals surface area contributed by atoms with Crippen molar-refractivity contribution in [1.29, 1.82) is 0 Å². The predicted molar refractivity (Wildman–Crippen MR) is 53.5 cm³/mol. The van der Waals surface area contributed by atoms with E-state index in [1.807, 2.05) is 19.0 Å². The molecule has 3 nitrogen and oxygen atoms in total. The van der Waals surface area contributed by atoms with Gasteiger partial charge in [-0.15, -0.1) is 0 Å². The Balaban J connectivity index is 2.27. The lowest BCUT2D eigenvalue weighted by Crippen LogP contribution is -2.36. The van der Waals surface area contributed by atoms with Gasteiger partial charge in [0.1, 0.15) is 0 Å². The van der Waals surface area contributed by atoms with Gasteiger partial charge in [-0.05, 0) is 25.8 Å². The Kier molecular flexibility index (Phi) is 3.72. The molecule has 0 heterocycles. The van der Waals surface area contributed by atoms with Crippen LogP contribution >= 0.6 is 0 Å². The maximum atomic E-state index is 11.7. The molecule has 1 saturated carbocycles. The molecule has 0 saturated heterocycles. The van der Waals surface area contributed by atoms with E-state index in [0.717, 1.165) is 13.1 Å². The summed E-state index contributed by atoms with van der Waals surface area (Å²) in [5.41, 5.74) is 0. The zero-order chi connectivity index (χ0) is 9.84. The molecule has 1 amide bonds. The highest BCUT2D eigenvalue weighted by molar-refractivity contribution is 5.78. The first kappa shape index (κ1) is 10.5. The van der Waals surface area contributed by atoms with E-state index in [1.54, 1.807) is 0 Å². The molecule has 1 atom stereocenters. The van der Waals surface area contributed by atoms with Crippen LogP contribution in [0.25, 0.3) is 0 Å². The number of hydrogen-bond donors (Lipinski definition) is 1. The van der Waals surface area contributed by atoms with Gasteiger partial charge in [-0.2, -0.15) is 0 Å². The van der Waals surface area contributed by atoms with Gasteiger partial charge in [0.15, 0.2) is 0 Å². The first-order valence-corrected chi connectivity index (χ1v) is 5.06. The van der Waals surface area contributed by atoms with Gasteiger partial charge in [0.05, 0.1) is 0 Å². The van der Waals surface area contributed by atoms with E-state index in [9.17, 15) is 4.79 Å². The third kappa shape index (κ3) is 2.99. The second-order valence-electron chi connectivity index (χ2n) is 3.99. The van der Waals surface area contributed by atoms with Crippen molar-refractivity contribution in [3.63, 3.8) is 0 Å². The highest BCUT2D eigenvalue weighted by Gasteiger charge is 2.33. The van der Waals surface area contributed by atoms with Crippen molar-refractivity contribution >= 4 is 5.91 Å². The Bertz CT molecular complexity index is 178. The van der Waals surface area contributed by atoms with Crippen LogP contribution in [0.5, 0.6) is 0 Å². The lowest BCUT2D eigenvalue weighted by atomic mass is 10.1. The number of amides is 1. The predicted octanol–water partition coefficient (Wildman–Crippen LogP) is 0.710. The largest absolute Gasteiger partial charge is 0.344 e. The van der Waals surface area contributed by atoms with Crippen LogP contribution < -0.4 is 5.32 Å². The molecule has 0 aliphatic heterocycles. The van der Waals surface area contributed by atoms with Crippen molar-refractivity contribution < 1.29 is 4.79 Å². The van der Waals surface area contributed by atoms with E-state index < -0.39 is 0 Å². The summed E-state index contributed by atoms with van der Waals surface area (Å²) in [5, 5.41) is 3.04. The van der Waals surface area contributed by atoms with Crippen LogP contribution in [0.3, 0.4) is 0 Å². The van der Waals surface area contributed by atoms with Crippen molar-refractivity contribution in [3.8, 4) is 0 Å². The molecule has 0 bridgehead atoms. The van der Waals surface area contributed by atoms with Gasteiger partial charge in [0, 0.05) is 26.1 Å². The van der Waals surface area contributed by atoms with Crippen molar-refractivity contribution in [2.45, 2.75) is 19.8 Å². The number of likely N-dealkylation sites (N-methyl/N-ethyl adjacent to an activating group) is 2. The summed E-state index contributed by atoms with van der Waals surface area (Å²) in [6.45, 7) is 3.74. The molecular weight excluding hydrogens is 164 g/mol. The highest BCUT2D eigenvalue weighted by Crippen LogP contribution is 2.37. The maximum Gasteiger partial charge on any atom is 0.225 e. The fourth-order valence-electron chi connectivity index (χ4n) is 1.54. The Morgan fingerprint density at radius 3 is 2.69 bits per heavy atom. The van der Waals surface area contributed by atoms with Gasteiger partial charge < -0.3 is 10.2 Å². The summed E-state index contributed by atoms with van der Waals surface area (Å²) in [7, 11) is 3.79. The van der Waals surface area contributed by atoms with E-state index in [1.165, 1.54) is 12.8 Å². The van der Waals surface area contributed by atoms with Crippen LogP contribution in [-0.4, -0.2) is 38.0 Å². The fraction of sp³-hybridized carbons (Fsp3) is 0.900. The van der Waals surface area contributed by atoms with Gasteiger partial charge in [-0.1, -0.05) is 6.92 Å². The number of rotatable bonds is 5. The molecule has 76 valence electrons. The van der Waals surface area contributed by atoms with Gasteiger partial charge in [0.25, 0.3) is 0 Å². The van der Waals surface area contributed by atoms with Crippen molar-refractivity contribution in [3.05, 3.63) is 0 Å². The SMILES string of the molecule is CNCCN(C)C(=O)C(C)C1CC1. The van der Waals surface area contributed by atoms with E-state index in [2.05, 4.69) is 12.2 Å². The Labute approximate surface area is 80.5 Å². The lowest BCUT2D eigenvalue weighted by Gasteiger charge is -2.20. The molecule has 0 spiro atoms. The van der Waals surface area contributed by atoms with Gasteiger partial charge in [0.2, 0.25) is 5.91 Å². The standard InChI is InChI=1S/C10H20N2O/c1-8(9-4-5-9)10(13)12(3)7-6-11-2/h8-9,11H,4-7H2,1-3H3. The lowest BCUT2D eigenvalue weighted by molar-refractivity contribution is -0.134. The number of nitrogens with one attached hydrogen (secondary N) is 1. The van der Waals surface area contributed by atoms with E-state index in [0.29, 0.717) is 11.8 Å². The van der Waals surface area contributed by atoms with Crippen LogP contribution in [0.15, 0.2) is 0 Å². The Morgan fingerprint density at radius 2 is 2.23 bits per heavy atom. The average molecular weight is 184 g/mol. The molecule has 3 heteroatoms. The zero-order valence-electron chi connectivity index (χ0n) is 8.84. The molecule has 13 heavy (non-hydrogen) atoms. The summed E-state index contributed by atoms with van der Waals surface area (Å²) >= 11 is 0. The second kappa shape index (κ2) is 4.61. The highest BCUT2D eigenvalue weighted by atomic mass is 16.2. The number of nitrogens with zero attached hydrogens (tertiary/aromatic N) is 1. The van der Waals surface area contributed by atoms with E-state index in [-0.39, 0.29) is 5.92 Å². The van der Waals surface area contributed by atoms with Crippen molar-refractivity contribution in [2.24, 2.45) is 11.8 Å². The number of carbonyl (C=O) groups excluding carboxylic acids is 1. The first-order chi connectivity index (χ1) is 6.16. The summed E-state index contributed by atoms with van der Waals surface area (Å²) in [6, 6.07) is 0. The van der Waals surface area contributed by atoms with E-state index in [4.69, 9.17) is 0 Å².